The SMILES string of the molecule is CN1CCC2(CCC1=O)CC(=O)c1ccccc1O2. The number of Topliss-reactive ketones (excluding diaryl/α,β-unsaturated/α-hetero) is 1. The summed E-state index contributed by atoms with van der Waals surface area (Å²) >= 11 is 0. The zero-order chi connectivity index (χ0) is 13.5. The second-order valence-electron chi connectivity index (χ2n) is 5.45. The number of ketones is 1. The van der Waals surface area contributed by atoms with Crippen molar-refractivity contribution < 1.29 is 14.3 Å². The molecular weight excluding hydrogens is 242 g/mol. The third kappa shape index (κ3) is 2.11. The maximum atomic E-state index is 12.3. The quantitative estimate of drug-likeness (QED) is 0.716. The van der Waals surface area contributed by atoms with Crippen LogP contribution in [0.3, 0.4) is 0 Å². The minimum Gasteiger partial charge on any atom is -0.486 e. The Morgan fingerprint density at radius 2 is 2.00 bits per heavy atom. The number of amides is 1. The lowest BCUT2D eigenvalue weighted by molar-refractivity contribution is -0.129. The maximum absolute atomic E-state index is 12.3. The smallest absolute Gasteiger partial charge is 0.222 e. The molecule has 0 aromatic heterocycles. The first-order valence-electron chi connectivity index (χ1n) is 6.65. The van der Waals surface area contributed by atoms with Crippen LogP contribution in [0, 0.1) is 0 Å². The van der Waals surface area contributed by atoms with Crippen LogP contribution in [0.5, 0.6) is 5.75 Å². The molecule has 0 radical (unpaired) electrons. The zero-order valence-electron chi connectivity index (χ0n) is 11.0. The highest BCUT2D eigenvalue weighted by molar-refractivity contribution is 6.00. The lowest BCUT2D eigenvalue weighted by Gasteiger charge is -2.37. The van der Waals surface area contributed by atoms with E-state index in [2.05, 4.69) is 0 Å². The molecule has 1 aromatic rings. The molecule has 0 bridgehead atoms. The molecule has 0 aliphatic carbocycles. The molecule has 2 aliphatic rings. The molecule has 1 amide bonds. The van der Waals surface area contributed by atoms with Gasteiger partial charge >= 0.3 is 0 Å². The van der Waals surface area contributed by atoms with Gasteiger partial charge in [0.25, 0.3) is 0 Å². The zero-order valence-corrected chi connectivity index (χ0v) is 11.0. The highest BCUT2D eigenvalue weighted by Gasteiger charge is 2.42. The van der Waals surface area contributed by atoms with Crippen LogP contribution in [0.2, 0.25) is 0 Å². The summed E-state index contributed by atoms with van der Waals surface area (Å²) in [5.74, 6) is 0.918. The van der Waals surface area contributed by atoms with Gasteiger partial charge in [-0.05, 0) is 18.6 Å². The summed E-state index contributed by atoms with van der Waals surface area (Å²) in [6.45, 7) is 0.647. The van der Waals surface area contributed by atoms with Gasteiger partial charge in [0.1, 0.15) is 11.4 Å². The van der Waals surface area contributed by atoms with Crippen molar-refractivity contribution in [3.8, 4) is 5.75 Å². The van der Waals surface area contributed by atoms with Crippen LogP contribution in [0.25, 0.3) is 0 Å². The highest BCUT2D eigenvalue weighted by atomic mass is 16.5. The Morgan fingerprint density at radius 3 is 2.84 bits per heavy atom. The third-order valence-corrected chi connectivity index (χ3v) is 4.12. The number of nitrogens with zero attached hydrogens (tertiary/aromatic N) is 1. The number of ether oxygens (including phenoxy) is 1. The molecule has 19 heavy (non-hydrogen) atoms. The molecular formula is C15H17NO3. The van der Waals surface area contributed by atoms with Crippen molar-refractivity contribution in [3.63, 3.8) is 0 Å². The fourth-order valence-electron chi connectivity index (χ4n) is 2.87. The van der Waals surface area contributed by atoms with E-state index in [1.807, 2.05) is 18.2 Å². The van der Waals surface area contributed by atoms with Crippen molar-refractivity contribution in [3.05, 3.63) is 29.8 Å². The standard InChI is InChI=1S/C15H17NO3/c1-16-9-8-15(7-6-14(16)18)10-12(17)11-4-2-3-5-13(11)19-15/h2-5H,6-10H2,1H3. The van der Waals surface area contributed by atoms with Crippen molar-refractivity contribution in [2.45, 2.75) is 31.3 Å². The molecule has 1 atom stereocenters. The van der Waals surface area contributed by atoms with E-state index >= 15 is 0 Å². The molecule has 0 N–H and O–H groups in total. The fourth-order valence-corrected chi connectivity index (χ4v) is 2.87. The van der Waals surface area contributed by atoms with Gasteiger partial charge in [-0.15, -0.1) is 0 Å². The lowest BCUT2D eigenvalue weighted by Crippen LogP contribution is -2.42. The molecule has 4 heteroatoms. The van der Waals surface area contributed by atoms with E-state index in [9.17, 15) is 9.59 Å². The highest BCUT2D eigenvalue weighted by Crippen LogP contribution is 2.39. The Morgan fingerprint density at radius 1 is 1.21 bits per heavy atom. The number of hydrogen-bond donors (Lipinski definition) is 0. The second-order valence-corrected chi connectivity index (χ2v) is 5.45. The van der Waals surface area contributed by atoms with Crippen molar-refractivity contribution in [1.82, 2.24) is 4.90 Å². The molecule has 2 aliphatic heterocycles. The van der Waals surface area contributed by atoms with Gasteiger partial charge in [-0.3, -0.25) is 9.59 Å². The van der Waals surface area contributed by atoms with Crippen LogP contribution >= 0.6 is 0 Å². The fraction of sp³-hybridized carbons (Fsp3) is 0.467. The summed E-state index contributed by atoms with van der Waals surface area (Å²) in [6, 6.07) is 7.37. The topological polar surface area (TPSA) is 46.6 Å². The normalized spacial score (nSPS) is 26.9. The van der Waals surface area contributed by atoms with Gasteiger partial charge in [-0.25, -0.2) is 0 Å². The molecule has 1 unspecified atom stereocenters. The summed E-state index contributed by atoms with van der Waals surface area (Å²) in [4.78, 5) is 25.7. The third-order valence-electron chi connectivity index (χ3n) is 4.12. The summed E-state index contributed by atoms with van der Waals surface area (Å²) in [6.07, 6.45) is 2.17. The average molecular weight is 259 g/mol. The van der Waals surface area contributed by atoms with Crippen molar-refractivity contribution in [1.29, 1.82) is 0 Å². The number of likely N-dealkylation sites (tertiary alicyclic amines) is 1. The Bertz CT molecular complexity index is 540. The van der Waals surface area contributed by atoms with Gasteiger partial charge in [-0.2, -0.15) is 0 Å². The molecule has 100 valence electrons. The van der Waals surface area contributed by atoms with Crippen LogP contribution in [-0.4, -0.2) is 35.8 Å². The van der Waals surface area contributed by atoms with Gasteiger partial charge in [0.05, 0.1) is 12.0 Å². The molecule has 1 fully saturated rings. The predicted molar refractivity (Wildman–Crippen MR) is 70.2 cm³/mol. The molecule has 0 saturated carbocycles. The first kappa shape index (κ1) is 12.2. The number of benzene rings is 1. The van der Waals surface area contributed by atoms with Crippen LogP contribution in [0.4, 0.5) is 0 Å². The molecule has 1 saturated heterocycles. The number of carbonyl (C=O) groups is 2. The lowest BCUT2D eigenvalue weighted by atomic mass is 9.84. The molecule has 1 aromatic carbocycles. The number of rotatable bonds is 0. The van der Waals surface area contributed by atoms with Gasteiger partial charge in [-0.1, -0.05) is 12.1 Å². The summed E-state index contributed by atoms with van der Waals surface area (Å²) in [5, 5.41) is 0. The molecule has 3 rings (SSSR count). The van der Waals surface area contributed by atoms with Gasteiger partial charge in [0.15, 0.2) is 5.78 Å². The Balaban J connectivity index is 1.91. The molecule has 1 spiro atoms. The van der Waals surface area contributed by atoms with E-state index in [1.54, 1.807) is 18.0 Å². The Kier molecular flexibility index (Phi) is 2.81. The Labute approximate surface area is 112 Å². The van der Waals surface area contributed by atoms with E-state index < -0.39 is 5.60 Å². The van der Waals surface area contributed by atoms with Crippen molar-refractivity contribution in [2.75, 3.05) is 13.6 Å². The van der Waals surface area contributed by atoms with Crippen molar-refractivity contribution >= 4 is 11.7 Å². The maximum Gasteiger partial charge on any atom is 0.222 e. The van der Waals surface area contributed by atoms with Crippen LogP contribution < -0.4 is 4.74 Å². The van der Waals surface area contributed by atoms with E-state index in [-0.39, 0.29) is 11.7 Å². The number of fused-ring (bicyclic) bond motifs is 1. The first-order valence-corrected chi connectivity index (χ1v) is 6.65. The van der Waals surface area contributed by atoms with E-state index in [0.717, 1.165) is 6.42 Å². The van der Waals surface area contributed by atoms with Gasteiger partial charge in [0, 0.05) is 26.4 Å². The predicted octanol–water partition coefficient (Wildman–Crippen LogP) is 2.03. The largest absolute Gasteiger partial charge is 0.486 e. The number of hydrogen-bond acceptors (Lipinski definition) is 3. The second kappa shape index (κ2) is 4.37. The van der Waals surface area contributed by atoms with E-state index in [0.29, 0.717) is 37.1 Å². The monoisotopic (exact) mass is 259 g/mol. The van der Waals surface area contributed by atoms with Gasteiger partial charge in [0.2, 0.25) is 5.91 Å². The summed E-state index contributed by atoms with van der Waals surface area (Å²) < 4.78 is 6.11. The van der Waals surface area contributed by atoms with E-state index in [1.165, 1.54) is 0 Å². The first-order chi connectivity index (χ1) is 9.10. The summed E-state index contributed by atoms with van der Waals surface area (Å²) in [7, 11) is 1.81. The van der Waals surface area contributed by atoms with E-state index in [4.69, 9.17) is 4.74 Å². The number of para-hydroxylation sites is 1. The minimum atomic E-state index is -0.494. The summed E-state index contributed by atoms with van der Waals surface area (Å²) in [5.41, 5.74) is 0.170. The molecule has 2 heterocycles. The average Bonchev–Trinajstić information content (AvgIpc) is 2.54. The van der Waals surface area contributed by atoms with Crippen LogP contribution in [-0.2, 0) is 4.79 Å². The van der Waals surface area contributed by atoms with Crippen LogP contribution in [0.15, 0.2) is 24.3 Å². The molecule has 4 nitrogen and oxygen atoms in total. The van der Waals surface area contributed by atoms with Gasteiger partial charge < -0.3 is 9.64 Å². The minimum absolute atomic E-state index is 0.124. The number of carbonyl (C=O) groups excluding carboxylic acids is 2. The Hall–Kier alpha value is -1.84. The van der Waals surface area contributed by atoms with Crippen molar-refractivity contribution in [2.24, 2.45) is 0 Å². The van der Waals surface area contributed by atoms with Crippen LogP contribution in [0.1, 0.15) is 36.0 Å².